The number of ether oxygens (including phenoxy) is 2. The molecule has 0 aromatic carbocycles. The summed E-state index contributed by atoms with van der Waals surface area (Å²) in [5, 5.41) is -1.18. The molecule has 0 atom stereocenters. The molecule has 1 aliphatic heterocycles. The fraction of sp³-hybridized carbons (Fsp3) is 1.00. The molecule has 0 unspecified atom stereocenters. The van der Waals surface area contributed by atoms with Gasteiger partial charge in [0.1, 0.15) is 5.25 Å². The summed E-state index contributed by atoms with van der Waals surface area (Å²) in [6, 6.07) is 0. The van der Waals surface area contributed by atoms with Crippen molar-refractivity contribution in [3.05, 3.63) is 0 Å². The van der Waals surface area contributed by atoms with E-state index >= 15 is 0 Å². The van der Waals surface area contributed by atoms with Crippen LogP contribution in [0.3, 0.4) is 0 Å². The van der Waals surface area contributed by atoms with E-state index in [1.807, 2.05) is 0 Å². The molecule has 0 aromatic rings. The lowest BCUT2D eigenvalue weighted by atomic mass is 10.3. The maximum atomic E-state index is 12.3. The Kier molecular flexibility index (Phi) is 2.42. The van der Waals surface area contributed by atoms with Crippen LogP contribution in [0.2, 0.25) is 0 Å². The van der Waals surface area contributed by atoms with Crippen LogP contribution in [0.5, 0.6) is 0 Å². The molecule has 1 fully saturated rings. The van der Waals surface area contributed by atoms with Crippen molar-refractivity contribution in [3.63, 3.8) is 0 Å². The van der Waals surface area contributed by atoms with Crippen LogP contribution >= 0.6 is 0 Å². The second kappa shape index (κ2) is 2.93. The standard InChI is InChI=1S/C6H11FO4S/c1-6(2)10-3-5(4-11-6)12(7,8)9/h5H,3-4H2,1-2H3. The summed E-state index contributed by atoms with van der Waals surface area (Å²) in [4.78, 5) is 0. The quantitative estimate of drug-likeness (QED) is 0.573. The maximum absolute atomic E-state index is 12.3. The largest absolute Gasteiger partial charge is 0.349 e. The predicted molar refractivity (Wildman–Crippen MR) is 39.8 cm³/mol. The summed E-state index contributed by atoms with van der Waals surface area (Å²) in [6.07, 6.45) is 0. The van der Waals surface area contributed by atoms with E-state index in [-0.39, 0.29) is 13.2 Å². The van der Waals surface area contributed by atoms with Crippen LogP contribution in [-0.2, 0) is 19.7 Å². The predicted octanol–water partition coefficient (Wildman–Crippen LogP) is 0.437. The Morgan fingerprint density at radius 3 is 2.08 bits per heavy atom. The SMILES string of the molecule is CC1(C)OCC(S(=O)(=O)F)CO1. The summed E-state index contributed by atoms with van der Waals surface area (Å²) in [5.74, 6) is -0.804. The Bertz CT molecular complexity index is 249. The number of hydrogen-bond donors (Lipinski definition) is 0. The molecule has 0 aliphatic carbocycles. The van der Waals surface area contributed by atoms with E-state index in [9.17, 15) is 12.3 Å². The molecule has 1 heterocycles. The van der Waals surface area contributed by atoms with Gasteiger partial charge in [-0.3, -0.25) is 0 Å². The van der Waals surface area contributed by atoms with Gasteiger partial charge in [0.2, 0.25) is 0 Å². The van der Waals surface area contributed by atoms with Gasteiger partial charge < -0.3 is 9.47 Å². The normalized spacial score (nSPS) is 25.6. The van der Waals surface area contributed by atoms with Gasteiger partial charge in [0.15, 0.2) is 5.79 Å². The van der Waals surface area contributed by atoms with Crippen molar-refractivity contribution in [3.8, 4) is 0 Å². The average molecular weight is 198 g/mol. The van der Waals surface area contributed by atoms with Gasteiger partial charge in [-0.15, -0.1) is 3.89 Å². The molecule has 0 aromatic heterocycles. The number of halogens is 1. The molecule has 72 valence electrons. The summed E-state index contributed by atoms with van der Waals surface area (Å²) >= 11 is 0. The topological polar surface area (TPSA) is 52.6 Å². The van der Waals surface area contributed by atoms with E-state index in [1.165, 1.54) is 0 Å². The molecule has 0 radical (unpaired) electrons. The van der Waals surface area contributed by atoms with Gasteiger partial charge in [-0.25, -0.2) is 0 Å². The van der Waals surface area contributed by atoms with Gasteiger partial charge in [-0.1, -0.05) is 0 Å². The molecule has 12 heavy (non-hydrogen) atoms. The lowest BCUT2D eigenvalue weighted by molar-refractivity contribution is -0.242. The van der Waals surface area contributed by atoms with Crippen molar-refractivity contribution in [2.45, 2.75) is 24.9 Å². The van der Waals surface area contributed by atoms with E-state index < -0.39 is 21.3 Å². The Morgan fingerprint density at radius 2 is 1.75 bits per heavy atom. The smallest absolute Gasteiger partial charge is 0.309 e. The highest BCUT2D eigenvalue weighted by Gasteiger charge is 2.35. The molecule has 0 N–H and O–H groups in total. The van der Waals surface area contributed by atoms with Crippen LogP contribution in [0.1, 0.15) is 13.8 Å². The fourth-order valence-electron chi connectivity index (χ4n) is 0.840. The van der Waals surface area contributed by atoms with E-state index in [4.69, 9.17) is 9.47 Å². The minimum absolute atomic E-state index is 0.147. The van der Waals surface area contributed by atoms with Crippen molar-refractivity contribution in [2.24, 2.45) is 0 Å². The summed E-state index contributed by atoms with van der Waals surface area (Å²) < 4.78 is 43.0. The minimum Gasteiger partial charge on any atom is -0.349 e. The van der Waals surface area contributed by atoms with E-state index in [0.717, 1.165) is 0 Å². The third-order valence-electron chi connectivity index (χ3n) is 1.63. The van der Waals surface area contributed by atoms with Gasteiger partial charge in [-0.2, -0.15) is 8.42 Å². The fourth-order valence-corrected chi connectivity index (χ4v) is 1.30. The Morgan fingerprint density at radius 1 is 1.33 bits per heavy atom. The molecule has 0 amide bonds. The van der Waals surface area contributed by atoms with Crippen molar-refractivity contribution in [1.82, 2.24) is 0 Å². The number of hydrogen-bond acceptors (Lipinski definition) is 4. The first kappa shape index (κ1) is 9.88. The van der Waals surface area contributed by atoms with Crippen LogP contribution < -0.4 is 0 Å². The molecule has 4 nitrogen and oxygen atoms in total. The van der Waals surface area contributed by atoms with E-state index in [0.29, 0.717) is 0 Å². The van der Waals surface area contributed by atoms with Gasteiger partial charge >= 0.3 is 10.2 Å². The summed E-state index contributed by atoms with van der Waals surface area (Å²) in [5.41, 5.74) is 0. The first-order valence-corrected chi connectivity index (χ1v) is 4.97. The molecule has 0 bridgehead atoms. The molecule has 1 aliphatic rings. The van der Waals surface area contributed by atoms with Crippen LogP contribution in [0.15, 0.2) is 0 Å². The highest BCUT2D eigenvalue weighted by molar-refractivity contribution is 7.87. The van der Waals surface area contributed by atoms with Gasteiger partial charge in [0.05, 0.1) is 13.2 Å². The summed E-state index contributed by atoms with van der Waals surface area (Å²) in [6.45, 7) is 3.00. The Hall–Kier alpha value is -0.200. The monoisotopic (exact) mass is 198 g/mol. The first-order chi connectivity index (χ1) is 5.31. The lowest BCUT2D eigenvalue weighted by Gasteiger charge is -2.33. The van der Waals surface area contributed by atoms with E-state index in [2.05, 4.69) is 0 Å². The molecule has 0 spiro atoms. The molecular weight excluding hydrogens is 187 g/mol. The molecular formula is C6H11FO4S. The lowest BCUT2D eigenvalue weighted by Crippen LogP contribution is -2.44. The van der Waals surface area contributed by atoms with Crippen molar-refractivity contribution in [2.75, 3.05) is 13.2 Å². The molecule has 1 rings (SSSR count). The van der Waals surface area contributed by atoms with Crippen LogP contribution in [0.4, 0.5) is 3.89 Å². The average Bonchev–Trinajstić information content (AvgIpc) is 1.83. The summed E-state index contributed by atoms with van der Waals surface area (Å²) in [7, 11) is -4.53. The van der Waals surface area contributed by atoms with E-state index in [1.54, 1.807) is 13.8 Å². The van der Waals surface area contributed by atoms with Gasteiger partial charge in [-0.05, 0) is 13.8 Å². The molecule has 1 saturated heterocycles. The van der Waals surface area contributed by atoms with Gasteiger partial charge in [0, 0.05) is 0 Å². The zero-order valence-corrected chi connectivity index (χ0v) is 7.73. The number of rotatable bonds is 1. The Balaban J connectivity index is 2.59. The third kappa shape index (κ3) is 2.40. The second-order valence-corrected chi connectivity index (χ2v) is 4.74. The highest BCUT2D eigenvalue weighted by Crippen LogP contribution is 2.21. The zero-order valence-electron chi connectivity index (χ0n) is 6.91. The van der Waals surface area contributed by atoms with Crippen LogP contribution in [0.25, 0.3) is 0 Å². The zero-order chi connectivity index (χ0) is 9.41. The van der Waals surface area contributed by atoms with Crippen LogP contribution in [0, 0.1) is 0 Å². The van der Waals surface area contributed by atoms with Crippen molar-refractivity contribution >= 4 is 10.2 Å². The Labute approximate surface area is 70.9 Å². The highest BCUT2D eigenvalue weighted by atomic mass is 32.3. The molecule has 6 heteroatoms. The maximum Gasteiger partial charge on any atom is 0.309 e. The third-order valence-corrected chi connectivity index (χ3v) is 2.70. The van der Waals surface area contributed by atoms with Gasteiger partial charge in [0.25, 0.3) is 0 Å². The molecule has 0 saturated carbocycles. The van der Waals surface area contributed by atoms with Crippen molar-refractivity contribution < 1.29 is 21.8 Å². The van der Waals surface area contributed by atoms with Crippen molar-refractivity contribution in [1.29, 1.82) is 0 Å². The second-order valence-electron chi connectivity index (χ2n) is 3.12. The van der Waals surface area contributed by atoms with Crippen LogP contribution in [-0.4, -0.2) is 32.7 Å². The minimum atomic E-state index is -4.53. The first-order valence-electron chi connectivity index (χ1n) is 3.53.